The van der Waals surface area contributed by atoms with Crippen LogP contribution in [0.25, 0.3) is 0 Å². The molecule has 1 aromatic carbocycles. The van der Waals surface area contributed by atoms with Crippen LogP contribution in [0.2, 0.25) is 0 Å². The summed E-state index contributed by atoms with van der Waals surface area (Å²) in [5.74, 6) is -0.0386. The van der Waals surface area contributed by atoms with Gasteiger partial charge in [0.2, 0.25) is 0 Å². The molecule has 0 aliphatic heterocycles. The van der Waals surface area contributed by atoms with Crippen LogP contribution in [0.1, 0.15) is 52.2 Å². The number of rotatable bonds is 9. The number of ketones is 2. The molecule has 0 spiro atoms. The third-order valence-electron chi connectivity index (χ3n) is 5.22. The van der Waals surface area contributed by atoms with Crippen LogP contribution in [0.5, 0.6) is 0 Å². The Kier molecular flexibility index (Phi) is 6.97. The van der Waals surface area contributed by atoms with E-state index in [2.05, 4.69) is 4.98 Å². The third-order valence-corrected chi connectivity index (χ3v) is 8.51. The van der Waals surface area contributed by atoms with E-state index in [-0.39, 0.29) is 46.8 Å². The number of sulfone groups is 1. The fourth-order valence-electron chi connectivity index (χ4n) is 3.70. The van der Waals surface area contributed by atoms with Gasteiger partial charge in [-0.05, 0) is 31.4 Å². The molecule has 0 bridgehead atoms. The van der Waals surface area contributed by atoms with Gasteiger partial charge in [-0.1, -0.05) is 30.5 Å². The molecule has 29 heavy (non-hydrogen) atoms. The first kappa shape index (κ1) is 21.8. The molecule has 0 saturated heterocycles. The van der Waals surface area contributed by atoms with Crippen LogP contribution < -0.4 is 5.73 Å². The van der Waals surface area contributed by atoms with Crippen LogP contribution in [-0.2, 0) is 27.5 Å². The predicted molar refractivity (Wildman–Crippen MR) is 113 cm³/mol. The minimum absolute atomic E-state index is 0.0414. The minimum Gasteiger partial charge on any atom is -0.329 e. The van der Waals surface area contributed by atoms with Gasteiger partial charge in [0.05, 0.1) is 18.4 Å². The van der Waals surface area contributed by atoms with Crippen molar-refractivity contribution >= 4 is 32.7 Å². The summed E-state index contributed by atoms with van der Waals surface area (Å²) in [7, 11) is -3.44. The Balaban J connectivity index is 1.73. The summed E-state index contributed by atoms with van der Waals surface area (Å²) in [4.78, 5) is 29.7. The molecule has 8 heteroatoms. The molecule has 1 saturated carbocycles. The number of carbonyl (C=O) groups is 2. The molecule has 2 aromatic rings. The molecule has 3 rings (SSSR count). The summed E-state index contributed by atoms with van der Waals surface area (Å²) in [6.45, 7) is 1.98. The maximum Gasteiger partial charge on any atom is 0.190 e. The van der Waals surface area contributed by atoms with Gasteiger partial charge in [-0.25, -0.2) is 13.4 Å². The Morgan fingerprint density at radius 1 is 1.21 bits per heavy atom. The summed E-state index contributed by atoms with van der Waals surface area (Å²) in [6.07, 6.45) is 5.47. The first-order valence-electron chi connectivity index (χ1n) is 9.83. The lowest BCUT2D eigenvalue weighted by Gasteiger charge is -2.13. The number of aromatic nitrogens is 1. The largest absolute Gasteiger partial charge is 0.329 e. The molecule has 0 amide bonds. The number of hydrogen-bond acceptors (Lipinski definition) is 7. The van der Waals surface area contributed by atoms with Crippen LogP contribution in [0.15, 0.2) is 28.6 Å². The molecule has 1 aromatic heterocycles. The molecule has 0 unspecified atom stereocenters. The number of benzene rings is 1. The zero-order valence-electron chi connectivity index (χ0n) is 16.5. The summed E-state index contributed by atoms with van der Waals surface area (Å²) in [5, 5.41) is 0.460. The second-order valence-electron chi connectivity index (χ2n) is 7.58. The maximum atomic E-state index is 12.9. The van der Waals surface area contributed by atoms with Crippen molar-refractivity contribution in [3.05, 3.63) is 46.1 Å². The minimum atomic E-state index is -3.44. The molecule has 0 atom stereocenters. The zero-order valence-corrected chi connectivity index (χ0v) is 18.2. The second-order valence-corrected chi connectivity index (χ2v) is 11.0. The SMILES string of the molecule is Cc1ccc(CC(=O)Cc2ncc(S(=O)(=O)CCN)s2)c(C(=O)C2CCCC2)c1. The fraction of sp³-hybridized carbons (Fsp3) is 0.476. The van der Waals surface area contributed by atoms with Gasteiger partial charge in [0.1, 0.15) is 15.0 Å². The van der Waals surface area contributed by atoms with Gasteiger partial charge >= 0.3 is 0 Å². The van der Waals surface area contributed by atoms with E-state index >= 15 is 0 Å². The Labute approximate surface area is 175 Å². The maximum absolute atomic E-state index is 12.9. The Morgan fingerprint density at radius 3 is 2.62 bits per heavy atom. The number of nitrogens with two attached hydrogens (primary N) is 1. The first-order valence-corrected chi connectivity index (χ1v) is 12.3. The molecular formula is C21H26N2O4S2. The van der Waals surface area contributed by atoms with E-state index in [1.807, 2.05) is 25.1 Å². The van der Waals surface area contributed by atoms with Crippen molar-refractivity contribution < 1.29 is 18.0 Å². The van der Waals surface area contributed by atoms with Gasteiger partial charge in [0.15, 0.2) is 15.6 Å². The molecule has 6 nitrogen and oxygen atoms in total. The van der Waals surface area contributed by atoms with Crippen molar-refractivity contribution in [3.8, 4) is 0 Å². The van der Waals surface area contributed by atoms with Crippen molar-refractivity contribution in [2.75, 3.05) is 12.3 Å². The zero-order chi connectivity index (χ0) is 21.0. The van der Waals surface area contributed by atoms with Crippen LogP contribution in [0.3, 0.4) is 0 Å². The highest BCUT2D eigenvalue weighted by atomic mass is 32.2. The molecule has 2 N–H and O–H groups in total. The van der Waals surface area contributed by atoms with Crippen molar-refractivity contribution in [3.63, 3.8) is 0 Å². The summed E-state index contributed by atoms with van der Waals surface area (Å²) < 4.78 is 24.3. The smallest absolute Gasteiger partial charge is 0.190 e. The van der Waals surface area contributed by atoms with E-state index in [0.29, 0.717) is 10.6 Å². The first-order chi connectivity index (χ1) is 13.8. The quantitative estimate of drug-likeness (QED) is 0.608. The van der Waals surface area contributed by atoms with Crippen molar-refractivity contribution in [2.24, 2.45) is 11.7 Å². The third kappa shape index (κ3) is 5.38. The van der Waals surface area contributed by atoms with E-state index < -0.39 is 9.84 Å². The Morgan fingerprint density at radius 2 is 1.93 bits per heavy atom. The Bertz CT molecular complexity index is 1010. The Hall–Kier alpha value is -1.90. The highest BCUT2D eigenvalue weighted by molar-refractivity contribution is 7.93. The summed E-state index contributed by atoms with van der Waals surface area (Å²) in [6, 6.07) is 5.65. The molecule has 1 fully saturated rings. The van der Waals surface area contributed by atoms with Gasteiger partial charge in [-0.15, -0.1) is 11.3 Å². The van der Waals surface area contributed by atoms with E-state index in [1.165, 1.54) is 6.20 Å². The number of hydrogen-bond donors (Lipinski definition) is 1. The normalized spacial score (nSPS) is 15.0. The van der Waals surface area contributed by atoms with Crippen LogP contribution in [0.4, 0.5) is 0 Å². The number of thiazole rings is 1. The monoisotopic (exact) mass is 434 g/mol. The van der Waals surface area contributed by atoms with E-state index in [4.69, 9.17) is 5.73 Å². The molecule has 1 aliphatic carbocycles. The van der Waals surface area contributed by atoms with Crippen LogP contribution >= 0.6 is 11.3 Å². The van der Waals surface area contributed by atoms with E-state index in [0.717, 1.165) is 48.1 Å². The van der Waals surface area contributed by atoms with Crippen LogP contribution in [-0.4, -0.2) is 37.3 Å². The second kappa shape index (κ2) is 9.28. The molecule has 0 radical (unpaired) electrons. The van der Waals surface area contributed by atoms with Crippen molar-refractivity contribution in [2.45, 2.75) is 49.7 Å². The van der Waals surface area contributed by atoms with Crippen LogP contribution in [0, 0.1) is 12.8 Å². The highest BCUT2D eigenvalue weighted by Gasteiger charge is 2.26. The number of carbonyl (C=O) groups excluding carboxylic acids is 2. The van der Waals surface area contributed by atoms with Gasteiger partial charge in [0.25, 0.3) is 0 Å². The summed E-state index contributed by atoms with van der Waals surface area (Å²) in [5.41, 5.74) is 7.73. The van der Waals surface area contributed by atoms with E-state index in [1.54, 1.807) is 0 Å². The predicted octanol–water partition coefficient (Wildman–Crippen LogP) is 2.91. The standard InChI is InChI=1S/C21H26N2O4S2/c1-14-6-7-16(18(10-14)21(25)15-4-2-3-5-15)11-17(24)12-19-23-13-20(28-19)29(26,27)9-8-22/h6-7,10,13,15H,2-5,8-9,11-12,22H2,1H3. The fourth-order valence-corrected chi connectivity index (χ4v) is 6.15. The van der Waals surface area contributed by atoms with Gasteiger partial charge in [0, 0.05) is 24.4 Å². The van der Waals surface area contributed by atoms with Crippen molar-refractivity contribution in [1.29, 1.82) is 0 Å². The van der Waals surface area contributed by atoms with Crippen molar-refractivity contribution in [1.82, 2.24) is 4.98 Å². The number of aryl methyl sites for hydroxylation is 1. The number of nitrogens with zero attached hydrogens (tertiary/aromatic N) is 1. The van der Waals surface area contributed by atoms with Gasteiger partial charge in [-0.2, -0.15) is 0 Å². The average Bonchev–Trinajstić information content (AvgIpc) is 3.35. The molecule has 1 aliphatic rings. The highest BCUT2D eigenvalue weighted by Crippen LogP contribution is 2.30. The van der Waals surface area contributed by atoms with Gasteiger partial charge in [-0.3, -0.25) is 9.59 Å². The lowest BCUT2D eigenvalue weighted by Crippen LogP contribution is -2.16. The molecule has 1 heterocycles. The lowest BCUT2D eigenvalue weighted by molar-refractivity contribution is -0.117. The van der Waals surface area contributed by atoms with Gasteiger partial charge < -0.3 is 5.73 Å². The molecule has 156 valence electrons. The average molecular weight is 435 g/mol. The van der Waals surface area contributed by atoms with E-state index in [9.17, 15) is 18.0 Å². The molecular weight excluding hydrogens is 408 g/mol. The topological polar surface area (TPSA) is 107 Å². The lowest BCUT2D eigenvalue weighted by atomic mass is 9.90. The number of Topliss-reactive ketones (excluding diaryl/α,β-unsaturated/α-hetero) is 2. The summed E-state index contributed by atoms with van der Waals surface area (Å²) >= 11 is 1.01.